The highest BCUT2D eigenvalue weighted by Gasteiger charge is 2.26. The van der Waals surface area contributed by atoms with E-state index in [9.17, 15) is 4.79 Å². The third kappa shape index (κ3) is 2.90. The van der Waals surface area contributed by atoms with Crippen LogP contribution in [0.3, 0.4) is 0 Å². The number of nitrogens with zero attached hydrogens (tertiary/aromatic N) is 1. The first-order valence-corrected chi connectivity index (χ1v) is 6.76. The van der Waals surface area contributed by atoms with E-state index in [1.54, 1.807) is 6.20 Å². The molecular weight excluding hydrogens is 282 g/mol. The molecule has 0 aromatic carbocycles. The van der Waals surface area contributed by atoms with Crippen LogP contribution in [0.25, 0.3) is 0 Å². The van der Waals surface area contributed by atoms with Gasteiger partial charge in [-0.25, -0.2) is 0 Å². The van der Waals surface area contributed by atoms with E-state index in [1.807, 2.05) is 17.9 Å². The van der Waals surface area contributed by atoms with Crippen molar-refractivity contribution < 1.29 is 4.79 Å². The molecule has 2 atom stereocenters. The molecule has 17 heavy (non-hydrogen) atoms. The highest BCUT2D eigenvalue weighted by molar-refractivity contribution is 9.10. The van der Waals surface area contributed by atoms with Crippen molar-refractivity contribution in [3.63, 3.8) is 0 Å². The first-order valence-electron chi connectivity index (χ1n) is 5.96. The van der Waals surface area contributed by atoms with E-state index in [0.717, 1.165) is 30.4 Å². The number of nitrogens with two attached hydrogens (primary N) is 1. The van der Waals surface area contributed by atoms with Crippen LogP contribution in [0.1, 0.15) is 30.3 Å². The fourth-order valence-corrected chi connectivity index (χ4v) is 2.63. The fraction of sp³-hybridized carbons (Fsp3) is 0.583. The van der Waals surface area contributed by atoms with Crippen LogP contribution in [0.4, 0.5) is 0 Å². The van der Waals surface area contributed by atoms with Gasteiger partial charge >= 0.3 is 0 Å². The minimum absolute atomic E-state index is 0.0704. The van der Waals surface area contributed by atoms with Gasteiger partial charge in [0.15, 0.2) is 0 Å². The smallest absolute Gasteiger partial charge is 0.270 e. The van der Waals surface area contributed by atoms with Crippen molar-refractivity contribution in [3.05, 3.63) is 22.4 Å². The number of carbonyl (C=O) groups excluding carboxylic acids is 1. The molecule has 3 N–H and O–H groups in total. The molecule has 1 aliphatic rings. The second kappa shape index (κ2) is 5.23. The van der Waals surface area contributed by atoms with Crippen molar-refractivity contribution in [3.8, 4) is 0 Å². The molecule has 5 heteroatoms. The van der Waals surface area contributed by atoms with Gasteiger partial charge in [0.2, 0.25) is 0 Å². The van der Waals surface area contributed by atoms with E-state index in [4.69, 9.17) is 5.73 Å². The molecule has 0 saturated carbocycles. The summed E-state index contributed by atoms with van der Waals surface area (Å²) in [7, 11) is 0. The Morgan fingerprint density at radius 2 is 2.47 bits per heavy atom. The summed E-state index contributed by atoms with van der Waals surface area (Å²) in [6.45, 7) is 3.62. The van der Waals surface area contributed by atoms with E-state index in [-0.39, 0.29) is 11.9 Å². The predicted molar refractivity (Wildman–Crippen MR) is 70.8 cm³/mol. The highest BCUT2D eigenvalue weighted by Crippen LogP contribution is 2.21. The number of hydrogen-bond acceptors (Lipinski definition) is 2. The van der Waals surface area contributed by atoms with Gasteiger partial charge in [-0.1, -0.05) is 0 Å². The van der Waals surface area contributed by atoms with Gasteiger partial charge in [-0.15, -0.1) is 0 Å². The highest BCUT2D eigenvalue weighted by atomic mass is 79.9. The van der Waals surface area contributed by atoms with E-state index in [1.165, 1.54) is 0 Å². The fourth-order valence-electron chi connectivity index (χ4n) is 2.29. The summed E-state index contributed by atoms with van der Waals surface area (Å²) >= 11 is 3.34. The van der Waals surface area contributed by atoms with Gasteiger partial charge in [0.25, 0.3) is 5.91 Å². The molecule has 2 unspecified atom stereocenters. The predicted octanol–water partition coefficient (Wildman–Crippen LogP) is 1.98. The third-order valence-corrected chi connectivity index (χ3v) is 3.82. The Labute approximate surface area is 110 Å². The maximum atomic E-state index is 12.2. The summed E-state index contributed by atoms with van der Waals surface area (Å²) in [6, 6.07) is 1.97. The number of piperidine rings is 1. The molecule has 2 heterocycles. The standard InChI is InChI=1S/C12H18BrN3O/c1-8(14)9-3-2-4-16(7-9)12(17)11-5-10(13)6-15-11/h5-6,8-9,15H,2-4,7,14H2,1H3. The largest absolute Gasteiger partial charge is 0.356 e. The molecule has 0 spiro atoms. The van der Waals surface area contributed by atoms with Gasteiger partial charge in [-0.2, -0.15) is 0 Å². The van der Waals surface area contributed by atoms with Crippen molar-refractivity contribution in [2.45, 2.75) is 25.8 Å². The van der Waals surface area contributed by atoms with Gasteiger partial charge in [0, 0.05) is 29.8 Å². The minimum atomic E-state index is 0.0704. The van der Waals surface area contributed by atoms with Gasteiger partial charge in [0.05, 0.1) is 0 Å². The van der Waals surface area contributed by atoms with Crippen LogP contribution in [-0.4, -0.2) is 34.9 Å². The Morgan fingerprint density at radius 3 is 3.06 bits per heavy atom. The Kier molecular flexibility index (Phi) is 3.89. The lowest BCUT2D eigenvalue weighted by molar-refractivity contribution is 0.0655. The molecule has 1 saturated heterocycles. The summed E-state index contributed by atoms with van der Waals surface area (Å²) in [6.07, 6.45) is 3.94. The zero-order valence-corrected chi connectivity index (χ0v) is 11.5. The van der Waals surface area contributed by atoms with E-state index >= 15 is 0 Å². The van der Waals surface area contributed by atoms with Crippen molar-refractivity contribution >= 4 is 21.8 Å². The minimum Gasteiger partial charge on any atom is -0.356 e. The lowest BCUT2D eigenvalue weighted by Gasteiger charge is -2.34. The van der Waals surface area contributed by atoms with Crippen LogP contribution < -0.4 is 5.73 Å². The first-order chi connectivity index (χ1) is 8.08. The average Bonchev–Trinajstić information content (AvgIpc) is 2.75. The summed E-state index contributed by atoms with van der Waals surface area (Å²) in [5, 5.41) is 0. The first kappa shape index (κ1) is 12.6. The van der Waals surface area contributed by atoms with Gasteiger partial charge in [-0.3, -0.25) is 4.79 Å². The maximum absolute atomic E-state index is 12.2. The second-order valence-electron chi connectivity index (χ2n) is 4.74. The normalized spacial score (nSPS) is 22.5. The Balaban J connectivity index is 2.04. The maximum Gasteiger partial charge on any atom is 0.270 e. The molecule has 2 rings (SSSR count). The molecular formula is C12H18BrN3O. The van der Waals surface area contributed by atoms with Crippen molar-refractivity contribution in [1.82, 2.24) is 9.88 Å². The van der Waals surface area contributed by atoms with Crippen LogP contribution in [0.5, 0.6) is 0 Å². The van der Waals surface area contributed by atoms with Gasteiger partial charge < -0.3 is 15.6 Å². The number of hydrogen-bond donors (Lipinski definition) is 2. The molecule has 94 valence electrons. The Morgan fingerprint density at radius 1 is 1.71 bits per heavy atom. The monoisotopic (exact) mass is 299 g/mol. The summed E-state index contributed by atoms with van der Waals surface area (Å²) in [4.78, 5) is 17.1. The van der Waals surface area contributed by atoms with Crippen molar-refractivity contribution in [2.24, 2.45) is 11.7 Å². The topological polar surface area (TPSA) is 62.1 Å². The van der Waals surface area contributed by atoms with Crippen LogP contribution >= 0.6 is 15.9 Å². The lowest BCUT2D eigenvalue weighted by atomic mass is 9.92. The molecule has 1 aromatic rings. The Hall–Kier alpha value is -0.810. The number of carbonyl (C=O) groups is 1. The SMILES string of the molecule is CC(N)C1CCCN(C(=O)c2cc(Br)c[nH]2)C1. The molecule has 0 radical (unpaired) electrons. The number of H-pyrrole nitrogens is 1. The third-order valence-electron chi connectivity index (χ3n) is 3.37. The number of nitrogens with one attached hydrogen (secondary N) is 1. The van der Waals surface area contributed by atoms with E-state index < -0.39 is 0 Å². The molecule has 1 fully saturated rings. The van der Waals surface area contributed by atoms with Crippen molar-refractivity contribution in [2.75, 3.05) is 13.1 Å². The quantitative estimate of drug-likeness (QED) is 0.877. The van der Waals surface area contributed by atoms with Gasteiger partial charge in [0.1, 0.15) is 5.69 Å². The zero-order valence-electron chi connectivity index (χ0n) is 9.95. The summed E-state index contributed by atoms with van der Waals surface area (Å²) in [5.74, 6) is 0.493. The Bertz CT molecular complexity index is 402. The number of halogens is 1. The molecule has 1 aliphatic heterocycles. The second-order valence-corrected chi connectivity index (χ2v) is 5.66. The van der Waals surface area contributed by atoms with E-state index in [0.29, 0.717) is 11.6 Å². The van der Waals surface area contributed by atoms with Crippen molar-refractivity contribution in [1.29, 1.82) is 0 Å². The number of aromatic amines is 1. The van der Waals surface area contributed by atoms with Crippen LogP contribution in [0.2, 0.25) is 0 Å². The number of rotatable bonds is 2. The number of aromatic nitrogens is 1. The van der Waals surface area contributed by atoms with Crippen LogP contribution in [0.15, 0.2) is 16.7 Å². The molecule has 0 aliphatic carbocycles. The number of amides is 1. The van der Waals surface area contributed by atoms with Crippen LogP contribution in [0, 0.1) is 5.92 Å². The number of likely N-dealkylation sites (tertiary alicyclic amines) is 1. The molecule has 4 nitrogen and oxygen atoms in total. The molecule has 1 amide bonds. The zero-order chi connectivity index (χ0) is 12.4. The molecule has 0 bridgehead atoms. The summed E-state index contributed by atoms with van der Waals surface area (Å²) < 4.78 is 0.904. The summed E-state index contributed by atoms with van der Waals surface area (Å²) in [5.41, 5.74) is 6.56. The van der Waals surface area contributed by atoms with Crippen LogP contribution in [-0.2, 0) is 0 Å². The average molecular weight is 300 g/mol. The van der Waals surface area contributed by atoms with E-state index in [2.05, 4.69) is 20.9 Å². The lowest BCUT2D eigenvalue weighted by Crippen LogP contribution is -2.45. The van der Waals surface area contributed by atoms with Gasteiger partial charge in [-0.05, 0) is 47.7 Å². The molecule has 1 aromatic heterocycles.